The van der Waals surface area contributed by atoms with Crippen LogP contribution in [0.15, 0.2) is 21.5 Å². The molecule has 0 heterocycles. The molecule has 110 valence electrons. The average Bonchev–Trinajstić information content (AvgIpc) is 3.12. The summed E-state index contributed by atoms with van der Waals surface area (Å²) in [5.74, 6) is -1.33. The molecule has 1 amide bonds. The molecule has 1 aliphatic rings. The lowest BCUT2D eigenvalue weighted by atomic mass is 10.3. The van der Waals surface area contributed by atoms with Gasteiger partial charge in [0.25, 0.3) is 15.0 Å². The minimum absolute atomic E-state index is 0.0255. The Labute approximate surface area is 128 Å². The molecule has 0 atom stereocenters. The van der Waals surface area contributed by atoms with Crippen LogP contribution in [-0.4, -0.2) is 27.0 Å². The molecule has 1 N–H and O–H groups in total. The number of rotatable bonds is 5. The summed E-state index contributed by atoms with van der Waals surface area (Å²) in [5.41, 5.74) is 0. The predicted octanol–water partition coefficient (Wildman–Crippen LogP) is 2.17. The molecule has 1 fully saturated rings. The number of halogens is 3. The molecule has 2 rings (SSSR count). The number of hydrogen-bond donors (Lipinski definition) is 1. The number of benzene rings is 1. The fourth-order valence-corrected chi connectivity index (χ4v) is 2.96. The first-order valence-corrected chi connectivity index (χ1v) is 8.73. The van der Waals surface area contributed by atoms with Crippen molar-refractivity contribution in [1.82, 2.24) is 5.32 Å². The van der Waals surface area contributed by atoms with Crippen LogP contribution in [0.25, 0.3) is 0 Å². The zero-order valence-corrected chi connectivity index (χ0v) is 13.2. The third-order valence-corrected chi connectivity index (χ3v) is 4.51. The molecule has 0 radical (unpaired) electrons. The van der Waals surface area contributed by atoms with Crippen LogP contribution >= 0.6 is 26.6 Å². The maximum absolute atomic E-state index is 13.6. The number of amides is 1. The zero-order chi connectivity index (χ0) is 14.9. The molecule has 1 saturated carbocycles. The molecule has 0 saturated heterocycles. The van der Waals surface area contributed by atoms with Crippen LogP contribution in [0.3, 0.4) is 0 Å². The Morgan fingerprint density at radius 3 is 2.70 bits per heavy atom. The van der Waals surface area contributed by atoms with E-state index in [0.29, 0.717) is 0 Å². The number of carbonyl (C=O) groups is 1. The molecule has 1 aromatic rings. The van der Waals surface area contributed by atoms with Gasteiger partial charge in [0.1, 0.15) is 16.5 Å². The van der Waals surface area contributed by atoms with Gasteiger partial charge in [0.2, 0.25) is 0 Å². The van der Waals surface area contributed by atoms with E-state index in [1.54, 1.807) is 0 Å². The summed E-state index contributed by atoms with van der Waals surface area (Å²) < 4.78 is 41.2. The lowest BCUT2D eigenvalue weighted by Gasteiger charge is -2.10. The van der Waals surface area contributed by atoms with E-state index in [0.717, 1.165) is 25.0 Å². The average molecular weight is 387 g/mol. The van der Waals surface area contributed by atoms with Gasteiger partial charge in [-0.15, -0.1) is 0 Å². The van der Waals surface area contributed by atoms with Crippen molar-refractivity contribution < 1.29 is 22.3 Å². The summed E-state index contributed by atoms with van der Waals surface area (Å²) in [4.78, 5) is 10.8. The van der Waals surface area contributed by atoms with E-state index in [4.69, 9.17) is 15.4 Å². The van der Waals surface area contributed by atoms with Crippen LogP contribution in [0, 0.1) is 5.82 Å². The van der Waals surface area contributed by atoms with Crippen molar-refractivity contribution in [2.45, 2.75) is 23.8 Å². The smallest absolute Gasteiger partial charge is 0.264 e. The van der Waals surface area contributed by atoms with Gasteiger partial charge in [-0.3, -0.25) is 4.79 Å². The van der Waals surface area contributed by atoms with Crippen molar-refractivity contribution in [1.29, 1.82) is 0 Å². The number of nitrogens with one attached hydrogen (secondary N) is 1. The van der Waals surface area contributed by atoms with Gasteiger partial charge in [0.05, 0.1) is 4.47 Å². The van der Waals surface area contributed by atoms with Gasteiger partial charge in [0, 0.05) is 22.8 Å². The second-order valence-electron chi connectivity index (χ2n) is 4.28. The van der Waals surface area contributed by atoms with Gasteiger partial charge in [0.15, 0.2) is 6.61 Å². The first-order valence-electron chi connectivity index (χ1n) is 5.63. The van der Waals surface area contributed by atoms with Gasteiger partial charge < -0.3 is 10.1 Å². The molecular formula is C11H10BrClFNO4S. The van der Waals surface area contributed by atoms with Crippen molar-refractivity contribution >= 4 is 41.6 Å². The van der Waals surface area contributed by atoms with Crippen LogP contribution in [0.5, 0.6) is 5.75 Å². The van der Waals surface area contributed by atoms with E-state index in [9.17, 15) is 17.6 Å². The summed E-state index contributed by atoms with van der Waals surface area (Å²) >= 11 is 3.04. The maximum Gasteiger partial charge on any atom is 0.264 e. The molecule has 0 aromatic heterocycles. The first-order chi connectivity index (χ1) is 9.27. The SMILES string of the molecule is O=C(COc1cc(F)c(S(=O)(=O)Cl)cc1Br)NC1CC1. The van der Waals surface area contributed by atoms with E-state index in [1.807, 2.05) is 0 Å². The first kappa shape index (κ1) is 15.5. The second-order valence-corrected chi connectivity index (χ2v) is 7.67. The Morgan fingerprint density at radius 1 is 1.50 bits per heavy atom. The largest absolute Gasteiger partial charge is 0.482 e. The lowest BCUT2D eigenvalue weighted by Crippen LogP contribution is -2.30. The maximum atomic E-state index is 13.6. The Hall–Kier alpha value is -0.860. The Kier molecular flexibility index (Phi) is 4.55. The minimum atomic E-state index is -4.18. The minimum Gasteiger partial charge on any atom is -0.482 e. The molecule has 1 aromatic carbocycles. The van der Waals surface area contributed by atoms with Crippen LogP contribution in [0.1, 0.15) is 12.8 Å². The molecule has 0 unspecified atom stereocenters. The third kappa shape index (κ3) is 4.07. The molecule has 9 heteroatoms. The molecule has 20 heavy (non-hydrogen) atoms. The van der Waals surface area contributed by atoms with E-state index < -0.39 is 19.8 Å². The van der Waals surface area contributed by atoms with E-state index in [-0.39, 0.29) is 28.8 Å². The third-order valence-electron chi connectivity index (χ3n) is 2.55. The van der Waals surface area contributed by atoms with Gasteiger partial charge in [-0.25, -0.2) is 12.8 Å². The van der Waals surface area contributed by atoms with Crippen LogP contribution in [0.2, 0.25) is 0 Å². The predicted molar refractivity (Wildman–Crippen MR) is 73.8 cm³/mol. The van der Waals surface area contributed by atoms with Crippen molar-refractivity contribution in [2.24, 2.45) is 0 Å². The van der Waals surface area contributed by atoms with Crippen molar-refractivity contribution in [2.75, 3.05) is 6.61 Å². The summed E-state index contributed by atoms with van der Waals surface area (Å²) in [5, 5.41) is 2.70. The molecule has 5 nitrogen and oxygen atoms in total. The molecule has 0 spiro atoms. The normalized spacial score (nSPS) is 14.9. The number of hydrogen-bond acceptors (Lipinski definition) is 4. The van der Waals surface area contributed by atoms with Gasteiger partial charge in [-0.05, 0) is 34.8 Å². The van der Waals surface area contributed by atoms with E-state index in [2.05, 4.69) is 21.2 Å². The quantitative estimate of drug-likeness (QED) is 0.787. The van der Waals surface area contributed by atoms with Gasteiger partial charge in [-0.2, -0.15) is 0 Å². The van der Waals surface area contributed by atoms with E-state index in [1.165, 1.54) is 0 Å². The monoisotopic (exact) mass is 385 g/mol. The Bertz CT molecular complexity index is 648. The van der Waals surface area contributed by atoms with Gasteiger partial charge in [-0.1, -0.05) is 0 Å². The molecule has 1 aliphatic carbocycles. The number of carbonyl (C=O) groups excluding carboxylic acids is 1. The summed E-state index contributed by atoms with van der Waals surface area (Å²) in [7, 11) is 0.907. The highest BCUT2D eigenvalue weighted by atomic mass is 79.9. The summed E-state index contributed by atoms with van der Waals surface area (Å²) in [6.07, 6.45) is 1.90. The summed E-state index contributed by atoms with van der Waals surface area (Å²) in [6, 6.07) is 2.06. The topological polar surface area (TPSA) is 72.5 Å². The highest BCUT2D eigenvalue weighted by Gasteiger charge is 2.24. The standard InChI is InChI=1S/C11H10BrClFNO4S/c12-7-3-10(20(13,17)18)8(14)4-9(7)19-5-11(16)15-6-1-2-6/h3-4,6H,1-2,5H2,(H,15,16). The Balaban J connectivity index is 2.08. The molecular weight excluding hydrogens is 377 g/mol. The van der Waals surface area contributed by atoms with Crippen molar-refractivity contribution in [3.05, 3.63) is 22.4 Å². The second kappa shape index (κ2) is 5.87. The highest BCUT2D eigenvalue weighted by Crippen LogP contribution is 2.31. The van der Waals surface area contributed by atoms with Crippen LogP contribution < -0.4 is 10.1 Å². The van der Waals surface area contributed by atoms with Crippen molar-refractivity contribution in [3.8, 4) is 5.75 Å². The fraction of sp³-hybridized carbons (Fsp3) is 0.364. The molecule has 0 aliphatic heterocycles. The van der Waals surface area contributed by atoms with E-state index >= 15 is 0 Å². The van der Waals surface area contributed by atoms with Gasteiger partial charge >= 0.3 is 0 Å². The van der Waals surface area contributed by atoms with Crippen LogP contribution in [0.4, 0.5) is 4.39 Å². The summed E-state index contributed by atoms with van der Waals surface area (Å²) in [6.45, 7) is -0.276. The van der Waals surface area contributed by atoms with Crippen molar-refractivity contribution in [3.63, 3.8) is 0 Å². The highest BCUT2D eigenvalue weighted by molar-refractivity contribution is 9.10. The lowest BCUT2D eigenvalue weighted by molar-refractivity contribution is -0.123. The number of ether oxygens (including phenoxy) is 1. The Morgan fingerprint density at radius 2 is 2.15 bits per heavy atom. The fourth-order valence-electron chi connectivity index (χ4n) is 1.45. The van der Waals surface area contributed by atoms with Crippen LogP contribution in [-0.2, 0) is 13.8 Å². The zero-order valence-electron chi connectivity index (χ0n) is 10.0. The molecule has 0 bridgehead atoms.